The monoisotopic (exact) mass is 253 g/mol. The van der Waals surface area contributed by atoms with Gasteiger partial charge >= 0.3 is 5.97 Å². The topological polar surface area (TPSA) is 40.5 Å². The zero-order valence-corrected chi connectivity index (χ0v) is 10.8. The number of fused-ring (bicyclic) bond motifs is 1. The van der Waals surface area contributed by atoms with Gasteiger partial charge in [0.25, 0.3) is 0 Å². The van der Waals surface area contributed by atoms with Crippen LogP contribution in [0.1, 0.15) is 21.5 Å². The van der Waals surface area contributed by atoms with Crippen LogP contribution < -0.4 is 4.90 Å². The summed E-state index contributed by atoms with van der Waals surface area (Å²) in [6.45, 7) is 2.79. The van der Waals surface area contributed by atoms with Crippen LogP contribution in [0, 0.1) is 6.92 Å². The van der Waals surface area contributed by atoms with Gasteiger partial charge in [0.15, 0.2) is 0 Å². The van der Waals surface area contributed by atoms with Crippen LogP contribution >= 0.6 is 0 Å². The maximum Gasteiger partial charge on any atom is 0.335 e. The van der Waals surface area contributed by atoms with E-state index in [4.69, 9.17) is 5.11 Å². The molecule has 0 aromatic heterocycles. The van der Waals surface area contributed by atoms with E-state index < -0.39 is 5.97 Å². The number of carboxylic acids is 1. The maximum atomic E-state index is 11.0. The molecule has 0 radical (unpaired) electrons. The lowest BCUT2D eigenvalue weighted by molar-refractivity contribution is 0.0696. The van der Waals surface area contributed by atoms with Crippen LogP contribution in [0.4, 0.5) is 11.4 Å². The molecular formula is C16H15NO2. The molecule has 2 aromatic rings. The molecule has 0 saturated carbocycles. The molecule has 0 aliphatic carbocycles. The molecule has 0 unspecified atom stereocenters. The van der Waals surface area contributed by atoms with Crippen molar-refractivity contribution >= 4 is 17.3 Å². The summed E-state index contributed by atoms with van der Waals surface area (Å²) in [5.74, 6) is -0.870. The van der Waals surface area contributed by atoms with E-state index in [1.165, 1.54) is 11.3 Å². The second-order valence-corrected chi connectivity index (χ2v) is 4.83. The van der Waals surface area contributed by atoms with E-state index >= 15 is 0 Å². The number of carboxylic acid groups (broad SMARTS) is 1. The minimum Gasteiger partial charge on any atom is -0.478 e. The Balaban J connectivity index is 2.01. The lowest BCUT2D eigenvalue weighted by atomic mass is 10.1. The Bertz CT molecular complexity index is 649. The Hall–Kier alpha value is -2.29. The molecule has 0 bridgehead atoms. The number of anilines is 2. The highest BCUT2D eigenvalue weighted by atomic mass is 16.4. The van der Waals surface area contributed by atoms with Crippen molar-refractivity contribution in [1.29, 1.82) is 0 Å². The number of aromatic carboxylic acids is 1. The highest BCUT2D eigenvalue weighted by Crippen LogP contribution is 2.34. The van der Waals surface area contributed by atoms with Gasteiger partial charge in [0.05, 0.1) is 5.56 Å². The lowest BCUT2D eigenvalue weighted by Crippen LogP contribution is -2.14. The fraction of sp³-hybridized carbons (Fsp3) is 0.188. The van der Waals surface area contributed by atoms with Gasteiger partial charge in [-0.05, 0) is 48.7 Å². The van der Waals surface area contributed by atoms with E-state index in [0.29, 0.717) is 5.56 Å². The van der Waals surface area contributed by atoms with Crippen molar-refractivity contribution in [2.75, 3.05) is 11.4 Å². The summed E-state index contributed by atoms with van der Waals surface area (Å²) in [5, 5.41) is 9.07. The summed E-state index contributed by atoms with van der Waals surface area (Å²) in [6, 6.07) is 13.9. The van der Waals surface area contributed by atoms with Crippen LogP contribution in [-0.4, -0.2) is 17.6 Å². The van der Waals surface area contributed by atoms with Crippen LogP contribution in [0.15, 0.2) is 42.5 Å². The Kier molecular flexibility index (Phi) is 2.75. The normalized spacial score (nSPS) is 13.4. The maximum absolute atomic E-state index is 11.0. The summed E-state index contributed by atoms with van der Waals surface area (Å²) in [6.07, 6.45) is 1.04. The molecule has 0 saturated heterocycles. The van der Waals surface area contributed by atoms with Crippen molar-refractivity contribution in [2.45, 2.75) is 13.3 Å². The first-order chi connectivity index (χ1) is 9.16. The Morgan fingerprint density at radius 2 is 2.00 bits per heavy atom. The molecule has 0 spiro atoms. The van der Waals surface area contributed by atoms with Crippen LogP contribution in [0.5, 0.6) is 0 Å². The standard InChI is InChI=1S/C16H15NO2/c1-11-10-13(6-7-14(11)16(18)19)17-9-8-12-4-2-3-5-15(12)17/h2-7,10H,8-9H2,1H3,(H,18,19). The number of nitrogens with zero attached hydrogens (tertiary/aromatic N) is 1. The first kappa shape index (κ1) is 11.8. The smallest absolute Gasteiger partial charge is 0.335 e. The van der Waals surface area contributed by atoms with Gasteiger partial charge in [-0.1, -0.05) is 18.2 Å². The molecule has 19 heavy (non-hydrogen) atoms. The summed E-state index contributed by atoms with van der Waals surface area (Å²) < 4.78 is 0. The Morgan fingerprint density at radius 3 is 2.74 bits per heavy atom. The molecular weight excluding hydrogens is 238 g/mol. The van der Waals surface area contributed by atoms with Crippen molar-refractivity contribution in [1.82, 2.24) is 0 Å². The van der Waals surface area contributed by atoms with E-state index in [2.05, 4.69) is 23.1 Å². The van der Waals surface area contributed by atoms with Gasteiger partial charge in [-0.3, -0.25) is 0 Å². The third kappa shape index (κ3) is 1.97. The van der Waals surface area contributed by atoms with Crippen molar-refractivity contribution < 1.29 is 9.90 Å². The number of aryl methyl sites for hydroxylation is 1. The van der Waals surface area contributed by atoms with E-state index in [9.17, 15) is 4.79 Å². The average Bonchev–Trinajstić information content (AvgIpc) is 2.82. The lowest BCUT2D eigenvalue weighted by Gasteiger charge is -2.20. The minimum atomic E-state index is -0.870. The summed E-state index contributed by atoms with van der Waals surface area (Å²) in [7, 11) is 0. The number of rotatable bonds is 2. The highest BCUT2D eigenvalue weighted by molar-refractivity contribution is 5.90. The van der Waals surface area contributed by atoms with Gasteiger partial charge in [0, 0.05) is 17.9 Å². The Morgan fingerprint density at radius 1 is 1.21 bits per heavy atom. The quantitative estimate of drug-likeness (QED) is 0.891. The predicted molar refractivity (Wildman–Crippen MR) is 75.3 cm³/mol. The molecule has 1 aliphatic rings. The second kappa shape index (κ2) is 4.43. The van der Waals surface area contributed by atoms with Crippen molar-refractivity contribution in [2.24, 2.45) is 0 Å². The van der Waals surface area contributed by atoms with Gasteiger partial charge in [-0.25, -0.2) is 4.79 Å². The third-order valence-corrected chi connectivity index (χ3v) is 3.64. The molecule has 2 aromatic carbocycles. The molecule has 96 valence electrons. The Labute approximate surface area is 112 Å². The minimum absolute atomic E-state index is 0.372. The zero-order valence-electron chi connectivity index (χ0n) is 10.8. The van der Waals surface area contributed by atoms with Crippen molar-refractivity contribution in [3.63, 3.8) is 0 Å². The molecule has 1 aliphatic heterocycles. The van der Waals surface area contributed by atoms with Crippen LogP contribution in [-0.2, 0) is 6.42 Å². The number of para-hydroxylation sites is 1. The molecule has 0 fully saturated rings. The fourth-order valence-corrected chi connectivity index (χ4v) is 2.66. The van der Waals surface area contributed by atoms with E-state index in [1.54, 1.807) is 6.07 Å². The molecule has 1 N–H and O–H groups in total. The largest absolute Gasteiger partial charge is 0.478 e. The molecule has 0 atom stereocenters. The van der Waals surface area contributed by atoms with Gasteiger partial charge in [0.2, 0.25) is 0 Å². The van der Waals surface area contributed by atoms with Gasteiger partial charge in [-0.2, -0.15) is 0 Å². The fourth-order valence-electron chi connectivity index (χ4n) is 2.66. The third-order valence-electron chi connectivity index (χ3n) is 3.64. The molecule has 3 rings (SSSR count). The molecule has 3 heteroatoms. The summed E-state index contributed by atoms with van der Waals surface area (Å²) in [5.41, 5.74) is 4.81. The van der Waals surface area contributed by atoms with Crippen molar-refractivity contribution in [3.05, 3.63) is 59.2 Å². The van der Waals surface area contributed by atoms with Crippen LogP contribution in [0.3, 0.4) is 0 Å². The molecule has 1 heterocycles. The highest BCUT2D eigenvalue weighted by Gasteiger charge is 2.20. The number of hydrogen-bond donors (Lipinski definition) is 1. The zero-order chi connectivity index (χ0) is 13.4. The number of benzene rings is 2. The number of carbonyl (C=O) groups is 1. The van der Waals surface area contributed by atoms with E-state index in [1.807, 2.05) is 25.1 Å². The average molecular weight is 253 g/mol. The van der Waals surface area contributed by atoms with Crippen LogP contribution in [0.2, 0.25) is 0 Å². The van der Waals surface area contributed by atoms with E-state index in [0.717, 1.165) is 24.2 Å². The van der Waals surface area contributed by atoms with Gasteiger partial charge < -0.3 is 10.0 Å². The SMILES string of the molecule is Cc1cc(N2CCc3ccccc32)ccc1C(=O)O. The first-order valence-electron chi connectivity index (χ1n) is 6.36. The first-order valence-corrected chi connectivity index (χ1v) is 6.36. The van der Waals surface area contributed by atoms with Crippen LogP contribution in [0.25, 0.3) is 0 Å². The molecule has 0 amide bonds. The summed E-state index contributed by atoms with van der Waals surface area (Å²) in [4.78, 5) is 13.3. The molecule has 3 nitrogen and oxygen atoms in total. The van der Waals surface area contributed by atoms with Gasteiger partial charge in [-0.15, -0.1) is 0 Å². The second-order valence-electron chi connectivity index (χ2n) is 4.83. The van der Waals surface area contributed by atoms with E-state index in [-0.39, 0.29) is 0 Å². The number of hydrogen-bond acceptors (Lipinski definition) is 2. The van der Waals surface area contributed by atoms with Crippen molar-refractivity contribution in [3.8, 4) is 0 Å². The summed E-state index contributed by atoms with van der Waals surface area (Å²) >= 11 is 0. The van der Waals surface area contributed by atoms with Gasteiger partial charge in [0.1, 0.15) is 0 Å². The predicted octanol–water partition coefficient (Wildman–Crippen LogP) is 3.39.